The number of halogens is 4. The van der Waals surface area contributed by atoms with Crippen LogP contribution in [0.3, 0.4) is 0 Å². The van der Waals surface area contributed by atoms with Gasteiger partial charge >= 0.3 is 6.18 Å². The number of carbonyl (C=O) groups excluding carboxylic acids is 1. The highest BCUT2D eigenvalue weighted by atomic mass is 35.5. The van der Waals surface area contributed by atoms with Crippen molar-refractivity contribution in [3.8, 4) is 0 Å². The number of hydrogen-bond acceptors (Lipinski definition) is 3. The van der Waals surface area contributed by atoms with Crippen molar-refractivity contribution in [2.24, 2.45) is 0 Å². The molecule has 1 aromatic heterocycles. The van der Waals surface area contributed by atoms with E-state index in [0.29, 0.717) is 6.29 Å². The van der Waals surface area contributed by atoms with Crippen LogP contribution in [0.4, 0.5) is 13.2 Å². The molecule has 0 N–H and O–H groups in total. The molecule has 0 atom stereocenters. The van der Waals surface area contributed by atoms with E-state index in [2.05, 4.69) is 9.97 Å². The third kappa shape index (κ3) is 2.21. The minimum absolute atomic E-state index is 0.0121. The second-order valence-electron chi connectivity index (χ2n) is 3.23. The molecule has 0 unspecified atom stereocenters. The number of carbonyl (C=O) groups is 1. The molecule has 0 bridgehead atoms. The van der Waals surface area contributed by atoms with Crippen molar-refractivity contribution in [1.82, 2.24) is 9.97 Å². The highest BCUT2D eigenvalue weighted by molar-refractivity contribution is 6.28. The summed E-state index contributed by atoms with van der Waals surface area (Å²) in [6, 6.07) is 2.85. The molecule has 2 rings (SSSR count). The van der Waals surface area contributed by atoms with Crippen LogP contribution >= 0.6 is 11.6 Å². The molecule has 7 heteroatoms. The highest BCUT2D eigenvalue weighted by Gasteiger charge is 2.30. The molecule has 0 aliphatic carbocycles. The number of fused-ring (bicyclic) bond motifs is 1. The summed E-state index contributed by atoms with van der Waals surface area (Å²) in [5.41, 5.74) is -0.896. The number of aromatic nitrogens is 2. The predicted octanol–water partition coefficient (Wildman–Crippen LogP) is 3.11. The Bertz CT molecular complexity index is 598. The Morgan fingerprint density at radius 3 is 2.53 bits per heavy atom. The fraction of sp³-hybridized carbons (Fsp3) is 0.100. The summed E-state index contributed by atoms with van der Waals surface area (Å²) in [5, 5.41) is -0.0312. The van der Waals surface area contributed by atoms with E-state index < -0.39 is 11.7 Å². The van der Waals surface area contributed by atoms with Crippen molar-refractivity contribution in [3.63, 3.8) is 0 Å². The normalized spacial score (nSPS) is 11.8. The average molecular weight is 261 g/mol. The summed E-state index contributed by atoms with van der Waals surface area (Å²) < 4.78 is 37.4. The van der Waals surface area contributed by atoms with Gasteiger partial charge in [0.05, 0.1) is 11.1 Å². The Balaban J connectivity index is 2.74. The zero-order valence-electron chi connectivity index (χ0n) is 8.12. The van der Waals surface area contributed by atoms with Gasteiger partial charge in [0.1, 0.15) is 5.69 Å². The zero-order chi connectivity index (χ0) is 12.6. The lowest BCUT2D eigenvalue weighted by Crippen LogP contribution is -2.05. The van der Waals surface area contributed by atoms with E-state index in [9.17, 15) is 18.0 Å². The van der Waals surface area contributed by atoms with E-state index in [1.807, 2.05) is 0 Å². The van der Waals surface area contributed by atoms with Crippen LogP contribution in [-0.2, 0) is 6.18 Å². The molecule has 0 amide bonds. The van der Waals surface area contributed by atoms with Gasteiger partial charge in [0.25, 0.3) is 0 Å². The van der Waals surface area contributed by atoms with Crippen molar-refractivity contribution >= 4 is 28.8 Å². The van der Waals surface area contributed by atoms with Gasteiger partial charge in [-0.3, -0.25) is 4.79 Å². The summed E-state index contributed by atoms with van der Waals surface area (Å²) in [7, 11) is 0. The standard InChI is InChI=1S/C10H4ClF3N2O/c11-9-15-7-3-5(10(12,13)14)1-2-6(7)8(4-17)16-9/h1-4H. The van der Waals surface area contributed by atoms with Crippen LogP contribution in [0.2, 0.25) is 5.28 Å². The number of benzene rings is 1. The zero-order valence-corrected chi connectivity index (χ0v) is 8.88. The number of alkyl halides is 3. The van der Waals surface area contributed by atoms with Gasteiger partial charge in [-0.1, -0.05) is 0 Å². The van der Waals surface area contributed by atoms with Crippen LogP contribution in [0.1, 0.15) is 16.1 Å². The van der Waals surface area contributed by atoms with Crippen LogP contribution < -0.4 is 0 Å². The number of rotatable bonds is 1. The topological polar surface area (TPSA) is 42.9 Å². The van der Waals surface area contributed by atoms with Crippen molar-refractivity contribution in [3.05, 3.63) is 34.7 Å². The smallest absolute Gasteiger partial charge is 0.296 e. The van der Waals surface area contributed by atoms with E-state index in [0.717, 1.165) is 18.2 Å². The SMILES string of the molecule is O=Cc1nc(Cl)nc2cc(C(F)(F)F)ccc12. The van der Waals surface area contributed by atoms with Gasteiger partial charge in [0.2, 0.25) is 5.28 Å². The van der Waals surface area contributed by atoms with Gasteiger partial charge in [-0.15, -0.1) is 0 Å². The molecular weight excluding hydrogens is 257 g/mol. The molecule has 0 radical (unpaired) electrons. The Kier molecular flexibility index (Phi) is 2.74. The first kappa shape index (κ1) is 11.8. The second kappa shape index (κ2) is 3.96. The maximum absolute atomic E-state index is 12.5. The van der Waals surface area contributed by atoms with E-state index in [1.165, 1.54) is 0 Å². The van der Waals surface area contributed by atoms with Crippen LogP contribution in [-0.4, -0.2) is 16.3 Å². The molecule has 1 aromatic carbocycles. The van der Waals surface area contributed by atoms with Crippen LogP contribution in [0.15, 0.2) is 18.2 Å². The molecule has 88 valence electrons. The van der Waals surface area contributed by atoms with Crippen molar-refractivity contribution in [2.75, 3.05) is 0 Å². The quantitative estimate of drug-likeness (QED) is 0.584. The summed E-state index contributed by atoms with van der Waals surface area (Å²) >= 11 is 5.51. The predicted molar refractivity (Wildman–Crippen MR) is 54.9 cm³/mol. The van der Waals surface area contributed by atoms with Gasteiger partial charge < -0.3 is 0 Å². The third-order valence-electron chi connectivity index (χ3n) is 2.14. The minimum Gasteiger partial charge on any atom is -0.296 e. The first-order valence-electron chi connectivity index (χ1n) is 4.41. The van der Waals surface area contributed by atoms with Gasteiger partial charge in [-0.25, -0.2) is 9.97 Å². The monoisotopic (exact) mass is 260 g/mol. The summed E-state index contributed by atoms with van der Waals surface area (Å²) in [6.07, 6.45) is -4.05. The van der Waals surface area contributed by atoms with Gasteiger partial charge in [-0.05, 0) is 29.8 Å². The Morgan fingerprint density at radius 1 is 1.24 bits per heavy atom. The van der Waals surface area contributed by atoms with E-state index in [-0.39, 0.29) is 21.9 Å². The molecule has 0 aliphatic heterocycles. The molecule has 0 fully saturated rings. The molecule has 3 nitrogen and oxygen atoms in total. The minimum atomic E-state index is -4.47. The molecule has 17 heavy (non-hydrogen) atoms. The fourth-order valence-corrected chi connectivity index (χ4v) is 1.57. The van der Waals surface area contributed by atoms with Gasteiger partial charge in [0.15, 0.2) is 6.29 Å². The summed E-state index contributed by atoms with van der Waals surface area (Å²) in [5.74, 6) is 0. The molecular formula is C10H4ClF3N2O. The third-order valence-corrected chi connectivity index (χ3v) is 2.31. The van der Waals surface area contributed by atoms with E-state index >= 15 is 0 Å². The number of nitrogens with zero attached hydrogens (tertiary/aromatic N) is 2. The Morgan fingerprint density at radius 2 is 1.94 bits per heavy atom. The average Bonchev–Trinajstić information content (AvgIpc) is 2.25. The maximum atomic E-state index is 12.5. The van der Waals surface area contributed by atoms with E-state index in [1.54, 1.807) is 0 Å². The lowest BCUT2D eigenvalue weighted by molar-refractivity contribution is -0.137. The Hall–Kier alpha value is -1.69. The lowest BCUT2D eigenvalue weighted by atomic mass is 10.1. The van der Waals surface area contributed by atoms with Crippen LogP contribution in [0, 0.1) is 0 Å². The molecule has 2 aromatic rings. The first-order chi connectivity index (χ1) is 7.91. The molecule has 0 saturated heterocycles. The largest absolute Gasteiger partial charge is 0.416 e. The van der Waals surface area contributed by atoms with Crippen LogP contribution in [0.25, 0.3) is 10.9 Å². The fourth-order valence-electron chi connectivity index (χ4n) is 1.39. The van der Waals surface area contributed by atoms with Gasteiger partial charge in [-0.2, -0.15) is 13.2 Å². The molecule has 0 saturated carbocycles. The summed E-state index contributed by atoms with van der Waals surface area (Å²) in [6.45, 7) is 0. The van der Waals surface area contributed by atoms with Crippen molar-refractivity contribution < 1.29 is 18.0 Å². The molecule has 0 spiro atoms. The maximum Gasteiger partial charge on any atom is 0.416 e. The molecule has 0 aliphatic rings. The Labute approximate surface area is 98.2 Å². The van der Waals surface area contributed by atoms with E-state index in [4.69, 9.17) is 11.6 Å². The first-order valence-corrected chi connectivity index (χ1v) is 4.79. The van der Waals surface area contributed by atoms with Crippen LogP contribution in [0.5, 0.6) is 0 Å². The number of hydrogen-bond donors (Lipinski definition) is 0. The van der Waals surface area contributed by atoms with Crippen molar-refractivity contribution in [2.45, 2.75) is 6.18 Å². The lowest BCUT2D eigenvalue weighted by Gasteiger charge is -2.07. The highest BCUT2D eigenvalue weighted by Crippen LogP contribution is 2.31. The summed E-state index contributed by atoms with van der Waals surface area (Å²) in [4.78, 5) is 18.0. The van der Waals surface area contributed by atoms with Crippen molar-refractivity contribution in [1.29, 1.82) is 0 Å². The van der Waals surface area contributed by atoms with Gasteiger partial charge in [0, 0.05) is 5.39 Å². The molecule has 1 heterocycles. The number of aldehydes is 1. The second-order valence-corrected chi connectivity index (χ2v) is 3.56.